The van der Waals surface area contributed by atoms with Crippen molar-refractivity contribution in [1.29, 1.82) is 0 Å². The Kier molecular flexibility index (Phi) is 4.42. The Hall–Kier alpha value is -2.56. The van der Waals surface area contributed by atoms with E-state index in [0.29, 0.717) is 11.4 Å². The van der Waals surface area contributed by atoms with Crippen LogP contribution in [-0.4, -0.2) is 17.6 Å². The van der Waals surface area contributed by atoms with Gasteiger partial charge in [0.25, 0.3) is 0 Å². The molecule has 110 valence electrons. The lowest BCUT2D eigenvalue weighted by Crippen LogP contribution is -2.08. The zero-order valence-electron chi connectivity index (χ0n) is 12.3. The third-order valence-corrected chi connectivity index (χ3v) is 3.06. The fourth-order valence-electron chi connectivity index (χ4n) is 1.79. The van der Waals surface area contributed by atoms with Gasteiger partial charge in [0.1, 0.15) is 11.3 Å². The summed E-state index contributed by atoms with van der Waals surface area (Å²) in [5, 5.41) is 0. The number of nitrogens with two attached hydrogens (primary N) is 1. The van der Waals surface area contributed by atoms with E-state index in [-0.39, 0.29) is 18.1 Å². The summed E-state index contributed by atoms with van der Waals surface area (Å²) < 4.78 is 10.7. The Morgan fingerprint density at radius 3 is 2.67 bits per heavy atom. The molecule has 0 unspecified atom stereocenters. The zero-order valence-corrected chi connectivity index (χ0v) is 12.3. The van der Waals surface area contributed by atoms with Crippen molar-refractivity contribution in [2.75, 3.05) is 12.3 Å². The van der Waals surface area contributed by atoms with Crippen LogP contribution in [0, 0.1) is 13.8 Å². The molecule has 21 heavy (non-hydrogen) atoms. The second kappa shape index (κ2) is 6.26. The van der Waals surface area contributed by atoms with Gasteiger partial charge in [-0.15, -0.1) is 0 Å². The Balaban J connectivity index is 2.34. The van der Waals surface area contributed by atoms with E-state index in [2.05, 4.69) is 4.98 Å². The second-order valence-corrected chi connectivity index (χ2v) is 4.69. The van der Waals surface area contributed by atoms with E-state index in [9.17, 15) is 4.79 Å². The van der Waals surface area contributed by atoms with Crippen LogP contribution in [0.25, 0.3) is 0 Å². The largest absolute Gasteiger partial charge is 0.462 e. The highest BCUT2D eigenvalue weighted by Gasteiger charge is 2.16. The van der Waals surface area contributed by atoms with Gasteiger partial charge in [0, 0.05) is 0 Å². The minimum atomic E-state index is -0.504. The molecule has 2 aromatic rings. The number of nitrogen functional groups attached to an aromatic ring is 1. The molecule has 1 aromatic heterocycles. The Morgan fingerprint density at radius 2 is 2.00 bits per heavy atom. The van der Waals surface area contributed by atoms with E-state index in [0.717, 1.165) is 5.56 Å². The number of benzene rings is 1. The van der Waals surface area contributed by atoms with Crippen LogP contribution < -0.4 is 10.5 Å². The van der Waals surface area contributed by atoms with Crippen LogP contribution in [0.5, 0.6) is 11.6 Å². The van der Waals surface area contributed by atoms with Crippen LogP contribution in [0.15, 0.2) is 30.5 Å². The van der Waals surface area contributed by atoms with E-state index in [1.807, 2.05) is 32.0 Å². The van der Waals surface area contributed by atoms with Gasteiger partial charge in [-0.05, 0) is 50.1 Å². The number of nitrogens with zero attached hydrogens (tertiary/aromatic N) is 1. The molecule has 0 amide bonds. The van der Waals surface area contributed by atoms with Gasteiger partial charge in [0.05, 0.1) is 18.5 Å². The van der Waals surface area contributed by atoms with Gasteiger partial charge in [-0.3, -0.25) is 0 Å². The van der Waals surface area contributed by atoms with Crippen molar-refractivity contribution in [3.63, 3.8) is 0 Å². The molecule has 5 nitrogen and oxygen atoms in total. The van der Waals surface area contributed by atoms with Crippen molar-refractivity contribution >= 4 is 11.7 Å². The molecule has 0 saturated heterocycles. The lowest BCUT2D eigenvalue weighted by Gasteiger charge is -2.11. The fraction of sp³-hybridized carbons (Fsp3) is 0.250. The van der Waals surface area contributed by atoms with Gasteiger partial charge in [0.15, 0.2) is 0 Å². The lowest BCUT2D eigenvalue weighted by molar-refractivity contribution is 0.0523. The van der Waals surface area contributed by atoms with E-state index < -0.39 is 5.97 Å². The highest BCUT2D eigenvalue weighted by atomic mass is 16.5. The van der Waals surface area contributed by atoms with Gasteiger partial charge >= 0.3 is 5.97 Å². The first-order valence-corrected chi connectivity index (χ1v) is 6.69. The van der Waals surface area contributed by atoms with Gasteiger partial charge in [-0.25, -0.2) is 9.78 Å². The molecule has 0 aliphatic rings. The van der Waals surface area contributed by atoms with Gasteiger partial charge < -0.3 is 15.2 Å². The minimum absolute atomic E-state index is 0.186. The molecule has 0 radical (unpaired) electrons. The lowest BCUT2D eigenvalue weighted by atomic mass is 10.1. The van der Waals surface area contributed by atoms with Crippen LogP contribution in [0.1, 0.15) is 28.4 Å². The van der Waals surface area contributed by atoms with E-state index >= 15 is 0 Å². The number of hydrogen-bond acceptors (Lipinski definition) is 5. The van der Waals surface area contributed by atoms with Gasteiger partial charge in [-0.1, -0.05) is 6.07 Å². The first kappa shape index (κ1) is 14.8. The third kappa shape index (κ3) is 3.51. The Bertz CT molecular complexity index is 669. The first-order chi connectivity index (χ1) is 10.0. The highest BCUT2D eigenvalue weighted by Crippen LogP contribution is 2.26. The summed E-state index contributed by atoms with van der Waals surface area (Å²) in [6.07, 6.45) is 1.44. The average molecular weight is 286 g/mol. The molecular formula is C16H18N2O3. The quantitative estimate of drug-likeness (QED) is 0.873. The van der Waals surface area contributed by atoms with E-state index in [1.165, 1.54) is 17.8 Å². The SMILES string of the molecule is CCOC(=O)c1cc(N)cnc1Oc1ccc(C)c(C)c1. The topological polar surface area (TPSA) is 74.4 Å². The van der Waals surface area contributed by atoms with Crippen LogP contribution in [0.2, 0.25) is 0 Å². The highest BCUT2D eigenvalue weighted by molar-refractivity contribution is 5.92. The first-order valence-electron chi connectivity index (χ1n) is 6.69. The summed E-state index contributed by atoms with van der Waals surface area (Å²) >= 11 is 0. The number of aryl methyl sites for hydroxylation is 2. The number of ether oxygens (including phenoxy) is 2. The normalized spacial score (nSPS) is 10.2. The number of aromatic nitrogens is 1. The minimum Gasteiger partial charge on any atom is -0.462 e. The number of carbonyl (C=O) groups is 1. The fourth-order valence-corrected chi connectivity index (χ4v) is 1.79. The number of rotatable bonds is 4. The summed E-state index contributed by atoms with van der Waals surface area (Å²) in [6, 6.07) is 7.17. The molecular weight excluding hydrogens is 268 g/mol. The molecule has 5 heteroatoms. The molecule has 2 N–H and O–H groups in total. The Morgan fingerprint density at radius 1 is 1.24 bits per heavy atom. The van der Waals surface area contributed by atoms with Crippen molar-refractivity contribution in [3.8, 4) is 11.6 Å². The number of esters is 1. The molecule has 0 aliphatic heterocycles. The number of pyridine rings is 1. The van der Waals surface area contributed by atoms with Gasteiger partial charge in [0.2, 0.25) is 5.88 Å². The monoisotopic (exact) mass is 286 g/mol. The van der Waals surface area contributed by atoms with E-state index in [1.54, 1.807) is 6.92 Å². The summed E-state index contributed by atoms with van der Waals surface area (Å²) in [5.41, 5.74) is 8.53. The average Bonchev–Trinajstić information content (AvgIpc) is 2.45. The van der Waals surface area contributed by atoms with Crippen LogP contribution in [-0.2, 0) is 4.74 Å². The van der Waals surface area contributed by atoms with Crippen molar-refractivity contribution in [2.45, 2.75) is 20.8 Å². The third-order valence-electron chi connectivity index (χ3n) is 3.06. The zero-order chi connectivity index (χ0) is 15.4. The number of carbonyl (C=O) groups excluding carboxylic acids is 1. The molecule has 0 atom stereocenters. The molecule has 1 heterocycles. The maximum Gasteiger partial charge on any atom is 0.343 e. The van der Waals surface area contributed by atoms with Crippen molar-refractivity contribution in [1.82, 2.24) is 4.98 Å². The molecule has 2 rings (SSSR count). The summed E-state index contributed by atoms with van der Waals surface area (Å²) in [5.74, 6) is 0.294. The molecule has 0 saturated carbocycles. The molecule has 0 aliphatic carbocycles. The standard InChI is InChI=1S/C16H18N2O3/c1-4-20-16(19)14-8-12(17)9-18-15(14)21-13-6-5-10(2)11(3)7-13/h5-9H,4,17H2,1-3H3. The molecule has 0 spiro atoms. The van der Waals surface area contributed by atoms with Crippen LogP contribution in [0.4, 0.5) is 5.69 Å². The van der Waals surface area contributed by atoms with Crippen LogP contribution in [0.3, 0.4) is 0 Å². The second-order valence-electron chi connectivity index (χ2n) is 4.69. The van der Waals surface area contributed by atoms with Crippen molar-refractivity contribution in [3.05, 3.63) is 47.2 Å². The number of hydrogen-bond donors (Lipinski definition) is 1. The van der Waals surface area contributed by atoms with E-state index in [4.69, 9.17) is 15.2 Å². The summed E-state index contributed by atoms with van der Waals surface area (Å²) in [6.45, 7) is 6.02. The summed E-state index contributed by atoms with van der Waals surface area (Å²) in [4.78, 5) is 16.0. The maximum atomic E-state index is 11.9. The smallest absolute Gasteiger partial charge is 0.343 e. The number of anilines is 1. The summed E-state index contributed by atoms with van der Waals surface area (Å²) in [7, 11) is 0. The van der Waals surface area contributed by atoms with Crippen LogP contribution >= 0.6 is 0 Å². The predicted octanol–water partition coefficient (Wildman–Crippen LogP) is 3.25. The predicted molar refractivity (Wildman–Crippen MR) is 80.6 cm³/mol. The van der Waals surface area contributed by atoms with Gasteiger partial charge in [-0.2, -0.15) is 0 Å². The van der Waals surface area contributed by atoms with Crippen molar-refractivity contribution in [2.24, 2.45) is 0 Å². The molecule has 0 bridgehead atoms. The van der Waals surface area contributed by atoms with Crippen molar-refractivity contribution < 1.29 is 14.3 Å². The molecule has 0 fully saturated rings. The maximum absolute atomic E-state index is 11.9. The Labute approximate surface area is 123 Å². The molecule has 1 aromatic carbocycles.